The molecular formula is C16H24N4O. The monoisotopic (exact) mass is 288 g/mol. The van der Waals surface area contributed by atoms with Crippen molar-refractivity contribution in [2.45, 2.75) is 12.8 Å². The zero-order chi connectivity index (χ0) is 14.1. The summed E-state index contributed by atoms with van der Waals surface area (Å²) in [5, 5.41) is 0. The van der Waals surface area contributed by atoms with Crippen molar-refractivity contribution < 1.29 is 4.74 Å². The number of hydrogen-bond donors (Lipinski definition) is 0. The van der Waals surface area contributed by atoms with E-state index < -0.39 is 0 Å². The normalized spacial score (nSPS) is 30.8. The number of hydrogen-bond acceptors (Lipinski definition) is 5. The van der Waals surface area contributed by atoms with E-state index in [1.54, 1.807) is 0 Å². The molecule has 1 aromatic rings. The average Bonchev–Trinajstić information content (AvgIpc) is 3.07. The van der Waals surface area contributed by atoms with Gasteiger partial charge in [0.1, 0.15) is 0 Å². The first-order chi connectivity index (χ1) is 10.4. The zero-order valence-corrected chi connectivity index (χ0v) is 12.5. The van der Waals surface area contributed by atoms with Crippen LogP contribution in [0.4, 0.5) is 5.95 Å². The molecule has 0 spiro atoms. The van der Waals surface area contributed by atoms with Gasteiger partial charge < -0.3 is 14.5 Å². The van der Waals surface area contributed by atoms with Crippen LogP contribution in [0.25, 0.3) is 0 Å². The summed E-state index contributed by atoms with van der Waals surface area (Å²) in [4.78, 5) is 13.8. The van der Waals surface area contributed by atoms with Gasteiger partial charge in [-0.25, -0.2) is 9.97 Å². The van der Waals surface area contributed by atoms with E-state index in [4.69, 9.17) is 4.74 Å². The van der Waals surface area contributed by atoms with Gasteiger partial charge in [0, 0.05) is 58.3 Å². The summed E-state index contributed by atoms with van der Waals surface area (Å²) >= 11 is 0. The molecule has 0 amide bonds. The van der Waals surface area contributed by atoms with Crippen molar-refractivity contribution in [1.29, 1.82) is 0 Å². The topological polar surface area (TPSA) is 41.5 Å². The molecule has 0 aliphatic carbocycles. The van der Waals surface area contributed by atoms with Crippen molar-refractivity contribution in [3.63, 3.8) is 0 Å². The van der Waals surface area contributed by atoms with E-state index in [-0.39, 0.29) is 0 Å². The molecule has 5 nitrogen and oxygen atoms in total. The van der Waals surface area contributed by atoms with Gasteiger partial charge in [-0.1, -0.05) is 0 Å². The van der Waals surface area contributed by atoms with Crippen molar-refractivity contribution in [3.8, 4) is 0 Å². The Hall–Kier alpha value is -1.20. The Balaban J connectivity index is 1.31. The van der Waals surface area contributed by atoms with Gasteiger partial charge >= 0.3 is 0 Å². The minimum Gasteiger partial charge on any atom is -0.381 e. The fraction of sp³-hybridized carbons (Fsp3) is 0.750. The molecule has 0 unspecified atom stereocenters. The molecule has 2 atom stereocenters. The molecule has 3 aliphatic rings. The Bertz CT molecular complexity index is 449. The standard InChI is InChI=1S/C16H24N4O/c1-4-17-16(18-5-1)20-11-14-9-19(10-15(14)12-20)8-13-2-6-21-7-3-13/h1,4-5,13-15H,2-3,6-12H2/t14-,15-/m1/s1. The summed E-state index contributed by atoms with van der Waals surface area (Å²) in [6.45, 7) is 7.96. The summed E-state index contributed by atoms with van der Waals surface area (Å²) in [5.74, 6) is 3.36. The second kappa shape index (κ2) is 5.89. The van der Waals surface area contributed by atoms with Crippen molar-refractivity contribution in [2.75, 3.05) is 50.8 Å². The summed E-state index contributed by atoms with van der Waals surface area (Å²) < 4.78 is 5.46. The van der Waals surface area contributed by atoms with E-state index in [1.807, 2.05) is 18.5 Å². The Morgan fingerprint density at radius 1 is 1.00 bits per heavy atom. The predicted molar refractivity (Wildman–Crippen MR) is 81.2 cm³/mol. The Morgan fingerprint density at radius 3 is 2.33 bits per heavy atom. The number of nitrogens with zero attached hydrogens (tertiary/aromatic N) is 4. The van der Waals surface area contributed by atoms with Crippen LogP contribution < -0.4 is 4.90 Å². The van der Waals surface area contributed by atoms with Crippen LogP contribution in [0.5, 0.6) is 0 Å². The Kier molecular flexibility index (Phi) is 3.78. The van der Waals surface area contributed by atoms with Crippen molar-refractivity contribution >= 4 is 5.95 Å². The molecule has 3 aliphatic heterocycles. The number of likely N-dealkylation sites (tertiary alicyclic amines) is 1. The van der Waals surface area contributed by atoms with Crippen LogP contribution in [0.2, 0.25) is 0 Å². The lowest BCUT2D eigenvalue weighted by Crippen LogP contribution is -2.34. The summed E-state index contributed by atoms with van der Waals surface area (Å²) in [7, 11) is 0. The SMILES string of the molecule is c1cnc(N2C[C@H]3CN(CC4CCOCC4)C[C@@H]3C2)nc1. The predicted octanol–water partition coefficient (Wildman–Crippen LogP) is 1.27. The van der Waals surface area contributed by atoms with E-state index >= 15 is 0 Å². The van der Waals surface area contributed by atoms with Crippen LogP contribution in [0.1, 0.15) is 12.8 Å². The highest BCUT2D eigenvalue weighted by molar-refractivity contribution is 5.31. The van der Waals surface area contributed by atoms with E-state index in [0.29, 0.717) is 0 Å². The van der Waals surface area contributed by atoms with Gasteiger partial charge in [-0.3, -0.25) is 0 Å². The molecule has 0 N–H and O–H groups in total. The highest BCUT2D eigenvalue weighted by Crippen LogP contribution is 2.33. The fourth-order valence-electron chi connectivity index (χ4n) is 4.15. The van der Waals surface area contributed by atoms with Gasteiger partial charge in [-0.05, 0) is 36.7 Å². The maximum atomic E-state index is 5.46. The van der Waals surface area contributed by atoms with Crippen molar-refractivity contribution in [2.24, 2.45) is 17.8 Å². The van der Waals surface area contributed by atoms with Crippen LogP contribution >= 0.6 is 0 Å². The number of rotatable bonds is 3. The van der Waals surface area contributed by atoms with Crippen molar-refractivity contribution in [3.05, 3.63) is 18.5 Å². The number of aromatic nitrogens is 2. The lowest BCUT2D eigenvalue weighted by Gasteiger charge is -2.28. The molecule has 0 bridgehead atoms. The van der Waals surface area contributed by atoms with E-state index in [0.717, 1.165) is 50.0 Å². The summed E-state index contributed by atoms with van der Waals surface area (Å²) in [6.07, 6.45) is 6.17. The van der Waals surface area contributed by atoms with Gasteiger partial charge in [0.05, 0.1) is 0 Å². The average molecular weight is 288 g/mol. The molecule has 114 valence electrons. The smallest absolute Gasteiger partial charge is 0.225 e. The molecule has 4 rings (SSSR count). The minimum absolute atomic E-state index is 0.800. The molecule has 0 radical (unpaired) electrons. The molecule has 4 heterocycles. The lowest BCUT2D eigenvalue weighted by molar-refractivity contribution is 0.0547. The molecule has 0 saturated carbocycles. The Morgan fingerprint density at radius 2 is 1.67 bits per heavy atom. The molecule has 3 saturated heterocycles. The largest absolute Gasteiger partial charge is 0.381 e. The van der Waals surface area contributed by atoms with Gasteiger partial charge in [0.2, 0.25) is 5.95 Å². The summed E-state index contributed by atoms with van der Waals surface area (Å²) in [5.41, 5.74) is 0. The first kappa shape index (κ1) is 13.5. The zero-order valence-electron chi connectivity index (χ0n) is 12.5. The number of ether oxygens (including phenoxy) is 1. The fourth-order valence-corrected chi connectivity index (χ4v) is 4.15. The van der Waals surface area contributed by atoms with Crippen LogP contribution in [0.3, 0.4) is 0 Å². The summed E-state index contributed by atoms with van der Waals surface area (Å²) in [6, 6.07) is 1.88. The molecule has 1 aromatic heterocycles. The number of anilines is 1. The maximum Gasteiger partial charge on any atom is 0.225 e. The van der Waals surface area contributed by atoms with Crippen molar-refractivity contribution in [1.82, 2.24) is 14.9 Å². The molecular weight excluding hydrogens is 264 g/mol. The number of fused-ring (bicyclic) bond motifs is 1. The van der Waals surface area contributed by atoms with E-state index in [2.05, 4.69) is 19.8 Å². The van der Waals surface area contributed by atoms with Crippen LogP contribution in [0, 0.1) is 17.8 Å². The van der Waals surface area contributed by atoms with Gasteiger partial charge in [0.25, 0.3) is 0 Å². The molecule has 3 fully saturated rings. The van der Waals surface area contributed by atoms with Crippen LogP contribution in [-0.4, -0.2) is 60.8 Å². The van der Waals surface area contributed by atoms with Gasteiger partial charge in [0.15, 0.2) is 0 Å². The third kappa shape index (κ3) is 2.90. The molecule has 0 aromatic carbocycles. The molecule has 5 heteroatoms. The highest BCUT2D eigenvalue weighted by Gasteiger charge is 2.41. The first-order valence-corrected chi connectivity index (χ1v) is 8.20. The highest BCUT2D eigenvalue weighted by atomic mass is 16.5. The second-order valence-electron chi connectivity index (χ2n) is 6.75. The quantitative estimate of drug-likeness (QED) is 0.838. The van der Waals surface area contributed by atoms with Crippen LogP contribution in [-0.2, 0) is 4.74 Å². The second-order valence-corrected chi connectivity index (χ2v) is 6.75. The maximum absolute atomic E-state index is 5.46. The molecule has 21 heavy (non-hydrogen) atoms. The van der Waals surface area contributed by atoms with E-state index in [1.165, 1.54) is 32.5 Å². The van der Waals surface area contributed by atoms with Gasteiger partial charge in [-0.15, -0.1) is 0 Å². The minimum atomic E-state index is 0.800. The van der Waals surface area contributed by atoms with Crippen LogP contribution in [0.15, 0.2) is 18.5 Å². The third-order valence-corrected chi connectivity index (χ3v) is 5.25. The third-order valence-electron chi connectivity index (χ3n) is 5.25. The van der Waals surface area contributed by atoms with Gasteiger partial charge in [-0.2, -0.15) is 0 Å². The lowest BCUT2D eigenvalue weighted by atomic mass is 10.00. The first-order valence-electron chi connectivity index (χ1n) is 8.20. The Labute approximate surface area is 126 Å². The van der Waals surface area contributed by atoms with E-state index in [9.17, 15) is 0 Å².